The predicted octanol–water partition coefficient (Wildman–Crippen LogP) is 1.90. The Morgan fingerprint density at radius 1 is 1.35 bits per heavy atom. The maximum atomic E-state index is 4.33. The highest BCUT2D eigenvalue weighted by Crippen LogP contribution is 2.16. The number of hydrogen-bond acceptors (Lipinski definition) is 3. The van der Waals surface area contributed by atoms with Gasteiger partial charge in [-0.2, -0.15) is 5.10 Å². The van der Waals surface area contributed by atoms with Crippen molar-refractivity contribution < 1.29 is 0 Å². The summed E-state index contributed by atoms with van der Waals surface area (Å²) in [6, 6.07) is 2.52. The van der Waals surface area contributed by atoms with Crippen LogP contribution in [0.3, 0.4) is 0 Å². The van der Waals surface area contributed by atoms with Crippen molar-refractivity contribution in [2.75, 3.05) is 26.7 Å². The summed E-state index contributed by atoms with van der Waals surface area (Å²) in [6.07, 6.45) is 3.02. The molecule has 1 heterocycles. The Morgan fingerprint density at radius 2 is 2.06 bits per heavy atom. The minimum absolute atomic E-state index is 0.401. The van der Waals surface area contributed by atoms with Crippen molar-refractivity contribution in [3.05, 3.63) is 18.0 Å². The molecule has 0 aromatic carbocycles. The Hall–Kier alpha value is -0.870. The molecular formula is C13H26N4. The van der Waals surface area contributed by atoms with Gasteiger partial charge in [-0.25, -0.2) is 0 Å². The number of nitrogens with zero attached hydrogens (tertiary/aromatic N) is 3. The zero-order chi connectivity index (χ0) is 12.7. The lowest BCUT2D eigenvalue weighted by Crippen LogP contribution is -2.29. The first-order valence-electron chi connectivity index (χ1n) is 6.68. The van der Waals surface area contributed by atoms with Gasteiger partial charge < -0.3 is 10.2 Å². The van der Waals surface area contributed by atoms with E-state index in [4.69, 9.17) is 0 Å². The Balaban J connectivity index is 2.59. The van der Waals surface area contributed by atoms with Crippen LogP contribution in [0.2, 0.25) is 0 Å². The first-order chi connectivity index (χ1) is 8.26. The molecule has 0 radical (unpaired) electrons. The molecule has 1 N–H and O–H groups in total. The molecule has 17 heavy (non-hydrogen) atoms. The van der Waals surface area contributed by atoms with Gasteiger partial charge in [-0.15, -0.1) is 0 Å². The van der Waals surface area contributed by atoms with Crippen molar-refractivity contribution in [3.8, 4) is 0 Å². The van der Waals surface area contributed by atoms with E-state index in [-0.39, 0.29) is 0 Å². The van der Waals surface area contributed by atoms with Crippen LogP contribution >= 0.6 is 0 Å². The molecule has 1 unspecified atom stereocenters. The summed E-state index contributed by atoms with van der Waals surface area (Å²) in [5.74, 6) is 0. The van der Waals surface area contributed by atoms with E-state index in [1.54, 1.807) is 0 Å². The van der Waals surface area contributed by atoms with Gasteiger partial charge in [0, 0.05) is 12.7 Å². The van der Waals surface area contributed by atoms with Gasteiger partial charge in [-0.1, -0.05) is 13.8 Å². The van der Waals surface area contributed by atoms with Gasteiger partial charge in [0.05, 0.1) is 11.7 Å². The van der Waals surface area contributed by atoms with E-state index in [1.165, 1.54) is 5.69 Å². The van der Waals surface area contributed by atoms with Gasteiger partial charge in [0.15, 0.2) is 0 Å². The molecule has 0 saturated carbocycles. The van der Waals surface area contributed by atoms with E-state index in [1.807, 2.05) is 13.2 Å². The summed E-state index contributed by atoms with van der Waals surface area (Å²) in [7, 11) is 2.03. The lowest BCUT2D eigenvalue weighted by Gasteiger charge is -2.23. The monoisotopic (exact) mass is 238 g/mol. The molecule has 4 heteroatoms. The van der Waals surface area contributed by atoms with Crippen LogP contribution in [0.5, 0.6) is 0 Å². The zero-order valence-electron chi connectivity index (χ0n) is 11.6. The van der Waals surface area contributed by atoms with Crippen LogP contribution in [-0.4, -0.2) is 41.4 Å². The highest BCUT2D eigenvalue weighted by molar-refractivity contribution is 5.06. The normalized spacial score (nSPS) is 13.2. The SMILES string of the molecule is CCN(CC)CCC(NC)c1ccnn1CC. The Labute approximate surface area is 105 Å². The summed E-state index contributed by atoms with van der Waals surface area (Å²) in [5.41, 5.74) is 1.29. The predicted molar refractivity (Wildman–Crippen MR) is 72.1 cm³/mol. The van der Waals surface area contributed by atoms with Crippen LogP contribution in [0.15, 0.2) is 12.3 Å². The number of aromatic nitrogens is 2. The average molecular weight is 238 g/mol. The van der Waals surface area contributed by atoms with E-state index in [9.17, 15) is 0 Å². The standard InChI is InChI=1S/C13H26N4/c1-5-16(6-2)11-9-12(14-4)13-8-10-15-17(13)7-3/h8,10,12,14H,5-7,9,11H2,1-4H3. The molecule has 1 atom stereocenters. The third-order valence-electron chi connectivity index (χ3n) is 3.38. The molecule has 4 nitrogen and oxygen atoms in total. The van der Waals surface area contributed by atoms with Gasteiger partial charge in [-0.3, -0.25) is 4.68 Å². The number of nitrogens with one attached hydrogen (secondary N) is 1. The van der Waals surface area contributed by atoms with Crippen LogP contribution < -0.4 is 5.32 Å². The fourth-order valence-electron chi connectivity index (χ4n) is 2.19. The first kappa shape index (κ1) is 14.2. The van der Waals surface area contributed by atoms with Crippen LogP contribution in [0.25, 0.3) is 0 Å². The summed E-state index contributed by atoms with van der Waals surface area (Å²) in [6.45, 7) is 10.9. The quantitative estimate of drug-likeness (QED) is 0.751. The van der Waals surface area contributed by atoms with Crippen molar-refractivity contribution >= 4 is 0 Å². The van der Waals surface area contributed by atoms with Crippen molar-refractivity contribution in [2.24, 2.45) is 0 Å². The fourth-order valence-corrected chi connectivity index (χ4v) is 2.19. The fraction of sp³-hybridized carbons (Fsp3) is 0.769. The van der Waals surface area contributed by atoms with Gasteiger partial charge in [0.1, 0.15) is 0 Å². The van der Waals surface area contributed by atoms with Gasteiger partial charge >= 0.3 is 0 Å². The summed E-state index contributed by atoms with van der Waals surface area (Å²) in [4.78, 5) is 2.46. The minimum Gasteiger partial charge on any atom is -0.312 e. The molecule has 0 saturated heterocycles. The van der Waals surface area contributed by atoms with E-state index in [2.05, 4.69) is 46.8 Å². The second-order valence-corrected chi connectivity index (χ2v) is 4.23. The molecule has 0 aliphatic heterocycles. The molecule has 0 aliphatic rings. The molecule has 0 spiro atoms. The molecule has 1 aromatic heterocycles. The van der Waals surface area contributed by atoms with Crippen molar-refractivity contribution in [3.63, 3.8) is 0 Å². The van der Waals surface area contributed by atoms with E-state index >= 15 is 0 Å². The Kier molecular flexibility index (Phi) is 6.22. The molecule has 0 fully saturated rings. The van der Waals surface area contributed by atoms with E-state index in [0.717, 1.165) is 32.6 Å². The summed E-state index contributed by atoms with van der Waals surface area (Å²) >= 11 is 0. The van der Waals surface area contributed by atoms with E-state index < -0.39 is 0 Å². The molecule has 98 valence electrons. The van der Waals surface area contributed by atoms with Gasteiger partial charge in [-0.05, 0) is 46.1 Å². The first-order valence-corrected chi connectivity index (χ1v) is 6.68. The lowest BCUT2D eigenvalue weighted by molar-refractivity contribution is 0.281. The third-order valence-corrected chi connectivity index (χ3v) is 3.38. The topological polar surface area (TPSA) is 33.1 Å². The molecule has 0 aliphatic carbocycles. The second kappa shape index (κ2) is 7.45. The molecule has 0 amide bonds. The minimum atomic E-state index is 0.401. The highest BCUT2D eigenvalue weighted by Gasteiger charge is 2.14. The van der Waals surface area contributed by atoms with Crippen molar-refractivity contribution in [2.45, 2.75) is 39.8 Å². The Bertz CT molecular complexity index is 304. The maximum Gasteiger partial charge on any atom is 0.0553 e. The van der Waals surface area contributed by atoms with Crippen LogP contribution in [0.4, 0.5) is 0 Å². The molecule has 1 rings (SSSR count). The maximum absolute atomic E-state index is 4.33. The molecule has 0 bridgehead atoms. The van der Waals surface area contributed by atoms with E-state index in [0.29, 0.717) is 6.04 Å². The van der Waals surface area contributed by atoms with Gasteiger partial charge in [0.2, 0.25) is 0 Å². The average Bonchev–Trinajstić information content (AvgIpc) is 2.83. The number of aryl methyl sites for hydroxylation is 1. The smallest absolute Gasteiger partial charge is 0.0553 e. The number of hydrogen-bond donors (Lipinski definition) is 1. The van der Waals surface area contributed by atoms with Crippen molar-refractivity contribution in [1.29, 1.82) is 0 Å². The van der Waals surface area contributed by atoms with Crippen molar-refractivity contribution in [1.82, 2.24) is 20.0 Å². The highest BCUT2D eigenvalue weighted by atomic mass is 15.3. The largest absolute Gasteiger partial charge is 0.312 e. The van der Waals surface area contributed by atoms with Gasteiger partial charge in [0.25, 0.3) is 0 Å². The molecule has 1 aromatic rings. The third kappa shape index (κ3) is 3.82. The summed E-state index contributed by atoms with van der Waals surface area (Å²) < 4.78 is 2.07. The zero-order valence-corrected chi connectivity index (χ0v) is 11.6. The summed E-state index contributed by atoms with van der Waals surface area (Å²) in [5, 5.41) is 7.73. The lowest BCUT2D eigenvalue weighted by atomic mass is 10.1. The second-order valence-electron chi connectivity index (χ2n) is 4.23. The Morgan fingerprint density at radius 3 is 2.59 bits per heavy atom. The molecular weight excluding hydrogens is 212 g/mol. The van der Waals surface area contributed by atoms with Crippen LogP contribution in [0.1, 0.15) is 38.9 Å². The van der Waals surface area contributed by atoms with Crippen LogP contribution in [-0.2, 0) is 6.54 Å². The van der Waals surface area contributed by atoms with Crippen LogP contribution in [0, 0.1) is 0 Å². The number of rotatable bonds is 8.